The van der Waals surface area contributed by atoms with Crippen molar-refractivity contribution in [3.05, 3.63) is 23.5 Å². The first-order chi connectivity index (χ1) is 7.95. The van der Waals surface area contributed by atoms with E-state index in [1.165, 1.54) is 5.56 Å². The molecular formula is C13H15N3O. The summed E-state index contributed by atoms with van der Waals surface area (Å²) in [6.07, 6.45) is 0.526. The Morgan fingerprint density at radius 2 is 2.12 bits per heavy atom. The zero-order valence-corrected chi connectivity index (χ0v) is 10.2. The fourth-order valence-electron chi connectivity index (χ4n) is 2.54. The summed E-state index contributed by atoms with van der Waals surface area (Å²) in [4.78, 5) is 19.3. The standard InChI is InChI=1S/C13H15N3O/c1-7-14-10-4-8-9(5-11(10)15-7)16-12(17)6-13(8,2)3/h4-5H,6H2,1-3H3,(H,14,15)(H,16,17). The van der Waals surface area contributed by atoms with Crippen LogP contribution in [-0.2, 0) is 10.2 Å². The Balaban J connectivity index is 2.29. The first-order valence-electron chi connectivity index (χ1n) is 5.76. The molecule has 0 saturated heterocycles. The second kappa shape index (κ2) is 3.09. The van der Waals surface area contributed by atoms with Gasteiger partial charge in [-0.2, -0.15) is 0 Å². The number of H-pyrrole nitrogens is 1. The Kier molecular flexibility index (Phi) is 1.88. The number of aryl methyl sites for hydroxylation is 1. The molecule has 0 spiro atoms. The van der Waals surface area contributed by atoms with Crippen molar-refractivity contribution >= 4 is 22.6 Å². The van der Waals surface area contributed by atoms with Crippen LogP contribution in [0.25, 0.3) is 11.0 Å². The van der Waals surface area contributed by atoms with E-state index in [1.54, 1.807) is 0 Å². The van der Waals surface area contributed by atoms with Crippen LogP contribution in [0, 0.1) is 6.92 Å². The summed E-state index contributed by atoms with van der Waals surface area (Å²) in [6, 6.07) is 4.05. The van der Waals surface area contributed by atoms with E-state index in [2.05, 4.69) is 35.2 Å². The molecule has 0 aliphatic carbocycles. The molecule has 2 heterocycles. The number of carbonyl (C=O) groups excluding carboxylic acids is 1. The third-order valence-electron chi connectivity index (χ3n) is 3.35. The maximum Gasteiger partial charge on any atom is 0.225 e. The predicted octanol–water partition coefficient (Wildman–Crippen LogP) is 2.49. The normalized spacial score (nSPS) is 17.9. The second-order valence-corrected chi connectivity index (χ2v) is 5.35. The fraction of sp³-hybridized carbons (Fsp3) is 0.385. The van der Waals surface area contributed by atoms with E-state index in [9.17, 15) is 4.79 Å². The Labute approximate surface area is 99.4 Å². The van der Waals surface area contributed by atoms with Crippen LogP contribution in [0.3, 0.4) is 0 Å². The number of amides is 1. The molecule has 0 radical (unpaired) electrons. The molecule has 17 heavy (non-hydrogen) atoms. The van der Waals surface area contributed by atoms with Crippen LogP contribution in [0.4, 0.5) is 5.69 Å². The van der Waals surface area contributed by atoms with Crippen molar-refractivity contribution in [2.45, 2.75) is 32.6 Å². The number of nitrogens with one attached hydrogen (secondary N) is 2. The molecule has 0 atom stereocenters. The molecule has 1 aliphatic heterocycles. The number of hydrogen-bond acceptors (Lipinski definition) is 2. The molecule has 88 valence electrons. The highest BCUT2D eigenvalue weighted by Gasteiger charge is 2.32. The number of carbonyl (C=O) groups is 1. The molecular weight excluding hydrogens is 214 g/mol. The average Bonchev–Trinajstić information content (AvgIpc) is 2.53. The molecule has 2 N–H and O–H groups in total. The smallest absolute Gasteiger partial charge is 0.225 e. The number of aromatic nitrogens is 2. The Morgan fingerprint density at radius 3 is 2.88 bits per heavy atom. The van der Waals surface area contributed by atoms with Crippen LogP contribution in [0.2, 0.25) is 0 Å². The molecule has 2 aromatic rings. The summed E-state index contributed by atoms with van der Waals surface area (Å²) < 4.78 is 0. The molecule has 1 aliphatic rings. The summed E-state index contributed by atoms with van der Waals surface area (Å²) in [7, 11) is 0. The van der Waals surface area contributed by atoms with Crippen LogP contribution >= 0.6 is 0 Å². The second-order valence-electron chi connectivity index (χ2n) is 5.35. The van der Waals surface area contributed by atoms with Gasteiger partial charge in [0.15, 0.2) is 0 Å². The van der Waals surface area contributed by atoms with Gasteiger partial charge in [-0.3, -0.25) is 4.79 Å². The number of benzene rings is 1. The molecule has 4 nitrogen and oxygen atoms in total. The SMILES string of the molecule is Cc1nc2cc3c(cc2[nH]1)C(C)(C)CC(=O)N3. The van der Waals surface area contributed by atoms with Gasteiger partial charge in [0.05, 0.1) is 11.0 Å². The maximum absolute atomic E-state index is 11.6. The lowest BCUT2D eigenvalue weighted by Gasteiger charge is -2.31. The van der Waals surface area contributed by atoms with Gasteiger partial charge in [0.2, 0.25) is 5.91 Å². The quantitative estimate of drug-likeness (QED) is 0.729. The van der Waals surface area contributed by atoms with Crippen LogP contribution in [-0.4, -0.2) is 15.9 Å². The minimum atomic E-state index is -0.120. The Hall–Kier alpha value is -1.84. The highest BCUT2D eigenvalue weighted by atomic mass is 16.1. The van der Waals surface area contributed by atoms with E-state index in [-0.39, 0.29) is 11.3 Å². The Morgan fingerprint density at radius 1 is 1.35 bits per heavy atom. The summed E-state index contributed by atoms with van der Waals surface area (Å²) in [5.41, 5.74) is 3.88. The van der Waals surface area contributed by atoms with Gasteiger partial charge >= 0.3 is 0 Å². The van der Waals surface area contributed by atoms with Gasteiger partial charge < -0.3 is 10.3 Å². The first kappa shape index (κ1) is 10.3. The maximum atomic E-state index is 11.6. The van der Waals surface area contributed by atoms with Crippen molar-refractivity contribution < 1.29 is 4.79 Å². The number of imidazole rings is 1. The van der Waals surface area contributed by atoms with Crippen molar-refractivity contribution in [1.29, 1.82) is 0 Å². The number of nitrogens with zero attached hydrogens (tertiary/aromatic N) is 1. The van der Waals surface area contributed by atoms with Crippen LogP contribution < -0.4 is 5.32 Å². The number of fused-ring (bicyclic) bond motifs is 2. The highest BCUT2D eigenvalue weighted by Crippen LogP contribution is 2.38. The monoisotopic (exact) mass is 229 g/mol. The zero-order chi connectivity index (χ0) is 12.2. The molecule has 4 heteroatoms. The van der Waals surface area contributed by atoms with Gasteiger partial charge in [-0.15, -0.1) is 0 Å². The van der Waals surface area contributed by atoms with Crippen LogP contribution in [0.5, 0.6) is 0 Å². The molecule has 0 unspecified atom stereocenters. The molecule has 0 saturated carbocycles. The van der Waals surface area contributed by atoms with E-state index < -0.39 is 0 Å². The van der Waals surface area contributed by atoms with Gasteiger partial charge in [-0.05, 0) is 24.6 Å². The third kappa shape index (κ3) is 1.52. The average molecular weight is 229 g/mol. The molecule has 3 rings (SSSR count). The molecule has 1 aromatic heterocycles. The largest absolute Gasteiger partial charge is 0.342 e. The van der Waals surface area contributed by atoms with Crippen LogP contribution in [0.15, 0.2) is 12.1 Å². The highest BCUT2D eigenvalue weighted by molar-refractivity contribution is 5.98. The Bertz CT molecular complexity index is 625. The van der Waals surface area contributed by atoms with E-state index in [0.717, 1.165) is 22.5 Å². The number of rotatable bonds is 0. The summed E-state index contributed by atoms with van der Waals surface area (Å²) in [5.74, 6) is 0.973. The van der Waals surface area contributed by atoms with E-state index in [4.69, 9.17) is 0 Å². The van der Waals surface area contributed by atoms with Crippen molar-refractivity contribution in [3.8, 4) is 0 Å². The predicted molar refractivity (Wildman–Crippen MR) is 67.1 cm³/mol. The minimum Gasteiger partial charge on any atom is -0.342 e. The summed E-state index contributed by atoms with van der Waals surface area (Å²) >= 11 is 0. The number of aromatic amines is 1. The van der Waals surface area contributed by atoms with Gasteiger partial charge in [0.25, 0.3) is 0 Å². The zero-order valence-electron chi connectivity index (χ0n) is 10.2. The van der Waals surface area contributed by atoms with E-state index in [1.807, 2.05) is 13.0 Å². The van der Waals surface area contributed by atoms with Crippen molar-refractivity contribution in [3.63, 3.8) is 0 Å². The van der Waals surface area contributed by atoms with Gasteiger partial charge in [-0.25, -0.2) is 4.98 Å². The molecule has 1 amide bonds. The molecule has 1 aromatic carbocycles. The summed E-state index contributed by atoms with van der Waals surface area (Å²) in [5, 5.41) is 2.92. The fourth-order valence-corrected chi connectivity index (χ4v) is 2.54. The van der Waals surface area contributed by atoms with E-state index >= 15 is 0 Å². The van der Waals surface area contributed by atoms with Gasteiger partial charge in [-0.1, -0.05) is 13.8 Å². The van der Waals surface area contributed by atoms with Crippen LogP contribution in [0.1, 0.15) is 31.7 Å². The van der Waals surface area contributed by atoms with Gasteiger partial charge in [0.1, 0.15) is 5.82 Å². The van der Waals surface area contributed by atoms with E-state index in [0.29, 0.717) is 6.42 Å². The molecule has 0 bridgehead atoms. The van der Waals surface area contributed by atoms with Crippen molar-refractivity contribution in [1.82, 2.24) is 9.97 Å². The third-order valence-corrected chi connectivity index (χ3v) is 3.35. The number of anilines is 1. The van der Waals surface area contributed by atoms with Crippen molar-refractivity contribution in [2.75, 3.05) is 5.32 Å². The topological polar surface area (TPSA) is 57.8 Å². The lowest BCUT2D eigenvalue weighted by atomic mass is 9.78. The lowest BCUT2D eigenvalue weighted by Crippen LogP contribution is -2.32. The summed E-state index contributed by atoms with van der Waals surface area (Å²) in [6.45, 7) is 6.13. The first-order valence-corrected chi connectivity index (χ1v) is 5.76. The van der Waals surface area contributed by atoms with Crippen molar-refractivity contribution in [2.24, 2.45) is 0 Å². The minimum absolute atomic E-state index is 0.0779. The lowest BCUT2D eigenvalue weighted by molar-refractivity contribution is -0.117. The number of hydrogen-bond donors (Lipinski definition) is 2. The van der Waals surface area contributed by atoms with Gasteiger partial charge in [0, 0.05) is 17.5 Å². The molecule has 0 fully saturated rings.